The summed E-state index contributed by atoms with van der Waals surface area (Å²) in [5, 5.41) is 23.7. The van der Waals surface area contributed by atoms with Crippen molar-refractivity contribution in [3.05, 3.63) is 154 Å². The van der Waals surface area contributed by atoms with Crippen LogP contribution in [0.5, 0.6) is 11.5 Å². The summed E-state index contributed by atoms with van der Waals surface area (Å²) in [6.45, 7) is 1.54. The molecule has 0 spiro atoms. The minimum atomic E-state index is -1.27. The summed E-state index contributed by atoms with van der Waals surface area (Å²) in [5.41, 5.74) is 1.32. The first-order valence-corrected chi connectivity index (χ1v) is 17.1. The number of hydrogen-bond acceptors (Lipinski definition) is 10. The zero-order chi connectivity index (χ0) is 37.4. The second kappa shape index (κ2) is 16.7. The number of ether oxygens (including phenoxy) is 5. The first-order valence-electron chi connectivity index (χ1n) is 17.1. The Morgan fingerprint density at radius 1 is 0.906 bits per heavy atom. The molecule has 1 fully saturated rings. The van der Waals surface area contributed by atoms with Gasteiger partial charge in [0, 0.05) is 17.3 Å². The topological polar surface area (TPSA) is 154 Å². The highest BCUT2D eigenvalue weighted by molar-refractivity contribution is 6.04. The number of aryl methyl sites for hydroxylation is 1. The summed E-state index contributed by atoms with van der Waals surface area (Å²) in [5.74, 6) is 1.00. The first kappa shape index (κ1) is 36.9. The lowest BCUT2D eigenvalue weighted by atomic mass is 9.80. The molecule has 4 atom stereocenters. The van der Waals surface area contributed by atoms with Gasteiger partial charge in [0.25, 0.3) is 5.91 Å². The van der Waals surface area contributed by atoms with Crippen LogP contribution < -0.4 is 20.5 Å². The third kappa shape index (κ3) is 7.84. The number of anilines is 1. The maximum absolute atomic E-state index is 13.5. The molecule has 0 unspecified atom stereocenters. The van der Waals surface area contributed by atoms with Gasteiger partial charge in [-0.05, 0) is 60.0 Å². The minimum Gasteiger partial charge on any atom is -0.497 e. The summed E-state index contributed by atoms with van der Waals surface area (Å²) in [4.78, 5) is 30.5. The van der Waals surface area contributed by atoms with Gasteiger partial charge in [-0.25, -0.2) is 4.79 Å². The van der Waals surface area contributed by atoms with Gasteiger partial charge in [-0.3, -0.25) is 9.36 Å². The van der Waals surface area contributed by atoms with Crippen LogP contribution in [0, 0.1) is 18.3 Å². The molecule has 53 heavy (non-hydrogen) atoms. The monoisotopic (exact) mass is 716 g/mol. The van der Waals surface area contributed by atoms with E-state index in [1.807, 2.05) is 84.9 Å². The van der Waals surface area contributed by atoms with Crippen molar-refractivity contribution in [3.63, 3.8) is 0 Å². The van der Waals surface area contributed by atoms with Gasteiger partial charge >= 0.3 is 5.69 Å². The average Bonchev–Trinajstić information content (AvgIpc) is 3.51. The minimum absolute atomic E-state index is 0.0102. The lowest BCUT2D eigenvalue weighted by Gasteiger charge is -2.37. The van der Waals surface area contributed by atoms with E-state index in [2.05, 4.69) is 10.3 Å². The first-order chi connectivity index (χ1) is 25.8. The molecule has 2 heterocycles. The zero-order valence-electron chi connectivity index (χ0n) is 29.5. The molecule has 12 nitrogen and oxygen atoms in total. The molecule has 0 aliphatic carbocycles. The van der Waals surface area contributed by atoms with Crippen LogP contribution in [0.2, 0.25) is 0 Å². The summed E-state index contributed by atoms with van der Waals surface area (Å²) in [7, 11) is 3.20. The summed E-state index contributed by atoms with van der Waals surface area (Å²) in [6.07, 6.45) is -2.91. The standard InChI is InChI=1S/C41H40N4O8/c1-27-25-45(40(48)44-37(27)43-38(47)28-11-6-4-7-12-28)39-36(51-24-10-23-42)35(46)34(53-39)26-52-41(29-13-8-5-9-14-29,30-15-19-32(49-2)20-16-30)31-17-21-33(50-3)22-18-31/h4-9,11-22,25,34-36,39,46H,10,24,26H2,1-3H3,(H,43,44,47,48)/t34-,35-,36-,39-/m1/s1. The number of benzene rings is 4. The highest BCUT2D eigenvalue weighted by Gasteiger charge is 2.48. The second-order valence-corrected chi connectivity index (χ2v) is 12.4. The number of methoxy groups -OCH3 is 2. The van der Waals surface area contributed by atoms with E-state index in [1.165, 1.54) is 10.8 Å². The third-order valence-electron chi connectivity index (χ3n) is 9.15. The molecule has 1 saturated heterocycles. The molecule has 1 aliphatic heterocycles. The van der Waals surface area contributed by atoms with Crippen LogP contribution in [0.25, 0.3) is 0 Å². The quantitative estimate of drug-likeness (QED) is 0.113. The summed E-state index contributed by atoms with van der Waals surface area (Å²) in [6, 6.07) is 35.4. The summed E-state index contributed by atoms with van der Waals surface area (Å²) >= 11 is 0. The van der Waals surface area contributed by atoms with Crippen molar-refractivity contribution in [2.24, 2.45) is 0 Å². The van der Waals surface area contributed by atoms with Gasteiger partial charge in [0.1, 0.15) is 41.2 Å². The van der Waals surface area contributed by atoms with Gasteiger partial charge in [0.2, 0.25) is 0 Å². The number of aliphatic hydroxyl groups is 1. The fourth-order valence-electron chi connectivity index (χ4n) is 6.43. The predicted octanol–water partition coefficient (Wildman–Crippen LogP) is 5.39. The van der Waals surface area contributed by atoms with E-state index in [9.17, 15) is 20.0 Å². The number of aromatic nitrogens is 2. The van der Waals surface area contributed by atoms with Crippen LogP contribution >= 0.6 is 0 Å². The number of amides is 1. The van der Waals surface area contributed by atoms with Gasteiger partial charge < -0.3 is 34.1 Å². The number of nitriles is 1. The van der Waals surface area contributed by atoms with E-state index in [0.717, 1.165) is 16.7 Å². The van der Waals surface area contributed by atoms with Crippen molar-refractivity contribution in [3.8, 4) is 17.6 Å². The van der Waals surface area contributed by atoms with Crippen molar-refractivity contribution in [2.75, 3.05) is 32.8 Å². The van der Waals surface area contributed by atoms with Crippen molar-refractivity contribution in [1.29, 1.82) is 5.26 Å². The molecule has 272 valence electrons. The molecule has 0 saturated carbocycles. The molecule has 0 bridgehead atoms. The fourth-order valence-corrected chi connectivity index (χ4v) is 6.43. The Morgan fingerprint density at radius 3 is 2.04 bits per heavy atom. The van der Waals surface area contributed by atoms with Gasteiger partial charge in [0.15, 0.2) is 6.23 Å². The molecular weight excluding hydrogens is 676 g/mol. The highest BCUT2D eigenvalue weighted by atomic mass is 16.6. The lowest BCUT2D eigenvalue weighted by molar-refractivity contribution is -0.0980. The van der Waals surface area contributed by atoms with Crippen molar-refractivity contribution >= 4 is 11.7 Å². The zero-order valence-corrected chi connectivity index (χ0v) is 29.5. The molecule has 0 radical (unpaired) electrons. The Bertz CT molecular complexity index is 2040. The number of hydrogen-bond donors (Lipinski definition) is 2. The molecular formula is C41H40N4O8. The maximum Gasteiger partial charge on any atom is 0.351 e. The number of aliphatic hydroxyl groups excluding tert-OH is 1. The van der Waals surface area contributed by atoms with Crippen LogP contribution in [-0.4, -0.2) is 66.3 Å². The molecule has 2 N–H and O–H groups in total. The SMILES string of the molecule is COc1ccc(C(OC[C@H]2O[C@@H](n3cc(C)c(NC(=O)c4ccccc4)nc3=O)[C@H](OCCC#N)[C@@H]2O)(c2ccccc2)c2ccc(OC)cc2)cc1. The van der Waals surface area contributed by atoms with Gasteiger partial charge in [-0.15, -0.1) is 0 Å². The van der Waals surface area contributed by atoms with E-state index in [1.54, 1.807) is 51.5 Å². The number of carbonyl (C=O) groups excluding carboxylic acids is 1. The predicted molar refractivity (Wildman–Crippen MR) is 196 cm³/mol. The molecule has 5 aromatic rings. The lowest BCUT2D eigenvalue weighted by Crippen LogP contribution is -2.41. The molecule has 1 aliphatic rings. The van der Waals surface area contributed by atoms with Crippen LogP contribution in [0.4, 0.5) is 5.82 Å². The molecule has 1 aromatic heterocycles. The maximum atomic E-state index is 13.5. The van der Waals surface area contributed by atoms with Gasteiger partial charge in [-0.2, -0.15) is 10.2 Å². The molecule has 6 rings (SSSR count). The van der Waals surface area contributed by atoms with Crippen LogP contribution in [-0.2, 0) is 19.8 Å². The number of rotatable bonds is 14. The number of nitrogens with zero attached hydrogens (tertiary/aromatic N) is 3. The van der Waals surface area contributed by atoms with E-state index in [0.29, 0.717) is 22.6 Å². The van der Waals surface area contributed by atoms with Crippen molar-refractivity contribution < 1.29 is 33.6 Å². The van der Waals surface area contributed by atoms with Crippen LogP contribution in [0.3, 0.4) is 0 Å². The van der Waals surface area contributed by atoms with Crippen LogP contribution in [0.15, 0.2) is 120 Å². The van der Waals surface area contributed by atoms with Gasteiger partial charge in [-0.1, -0.05) is 72.8 Å². The largest absolute Gasteiger partial charge is 0.497 e. The Hall–Kier alpha value is -5.84. The second-order valence-electron chi connectivity index (χ2n) is 12.4. The Labute approximate surface area is 307 Å². The molecule has 12 heteroatoms. The third-order valence-corrected chi connectivity index (χ3v) is 9.15. The van der Waals surface area contributed by atoms with E-state index >= 15 is 0 Å². The summed E-state index contributed by atoms with van der Waals surface area (Å²) < 4.78 is 31.5. The van der Waals surface area contributed by atoms with Crippen LogP contribution in [0.1, 0.15) is 45.3 Å². The molecule has 1 amide bonds. The Morgan fingerprint density at radius 2 is 1.47 bits per heavy atom. The molecule has 4 aromatic carbocycles. The van der Waals surface area contributed by atoms with E-state index in [-0.39, 0.29) is 25.5 Å². The smallest absolute Gasteiger partial charge is 0.351 e. The Balaban J connectivity index is 1.35. The Kier molecular flexibility index (Phi) is 11.6. The van der Waals surface area contributed by atoms with Gasteiger partial charge in [0.05, 0.1) is 39.9 Å². The van der Waals surface area contributed by atoms with Crippen molar-refractivity contribution in [1.82, 2.24) is 9.55 Å². The average molecular weight is 717 g/mol. The fraction of sp³-hybridized carbons (Fsp3) is 0.268. The van der Waals surface area contributed by atoms with E-state index < -0.39 is 41.7 Å². The normalized spacial score (nSPS) is 18.2. The number of nitrogens with one attached hydrogen (secondary N) is 1. The van der Waals surface area contributed by atoms with Crippen molar-refractivity contribution in [2.45, 2.75) is 43.5 Å². The highest BCUT2D eigenvalue weighted by Crippen LogP contribution is 2.43. The number of carbonyl (C=O) groups is 1. The van der Waals surface area contributed by atoms with E-state index in [4.69, 9.17) is 23.7 Å².